The van der Waals surface area contributed by atoms with Crippen molar-refractivity contribution in [2.24, 2.45) is 0 Å². The molecule has 8 heteroatoms. The van der Waals surface area contributed by atoms with Crippen molar-refractivity contribution in [3.8, 4) is 5.75 Å². The van der Waals surface area contributed by atoms with Crippen LogP contribution in [-0.2, 0) is 10.0 Å². The molecule has 1 rings (SSSR count). The molecule has 0 saturated heterocycles. The fourth-order valence-electron chi connectivity index (χ4n) is 1.69. The van der Waals surface area contributed by atoms with E-state index in [0.29, 0.717) is 13.1 Å². The molecule has 0 aliphatic rings. The molecule has 1 aromatic carbocycles. The third-order valence-corrected chi connectivity index (χ3v) is 4.77. The van der Waals surface area contributed by atoms with Gasteiger partial charge < -0.3 is 4.74 Å². The number of non-ortho nitro benzene ring substituents is 1. The lowest BCUT2D eigenvalue weighted by Gasteiger charge is -2.19. The third kappa shape index (κ3) is 3.02. The molecule has 0 amide bonds. The van der Waals surface area contributed by atoms with Crippen LogP contribution in [-0.4, -0.2) is 37.8 Å². The summed E-state index contributed by atoms with van der Waals surface area (Å²) in [5.41, 5.74) is -0.213. The lowest BCUT2D eigenvalue weighted by molar-refractivity contribution is -0.385. The summed E-state index contributed by atoms with van der Waals surface area (Å²) in [5, 5.41) is 10.7. The molecule has 0 N–H and O–H groups in total. The fourth-order valence-corrected chi connectivity index (χ4v) is 3.28. The number of nitrogens with zero attached hydrogens (tertiary/aromatic N) is 2. The van der Waals surface area contributed by atoms with Crippen LogP contribution in [0.5, 0.6) is 5.75 Å². The molecule has 0 heterocycles. The molecule has 0 saturated carbocycles. The van der Waals surface area contributed by atoms with Crippen LogP contribution in [0.1, 0.15) is 13.8 Å². The zero-order chi connectivity index (χ0) is 14.6. The Labute approximate surface area is 112 Å². The standard InChI is InChI=1S/C11H16N2O5S/c1-4-12(5-2)19(16,17)11-7-6-9(13(14)15)8-10(11)18-3/h6-8H,4-5H2,1-3H3. The third-order valence-electron chi connectivity index (χ3n) is 2.68. The predicted molar refractivity (Wildman–Crippen MR) is 69.8 cm³/mol. The van der Waals surface area contributed by atoms with Gasteiger partial charge in [-0.3, -0.25) is 10.1 Å². The molecule has 0 spiro atoms. The molecule has 0 unspecified atom stereocenters. The Morgan fingerprint density at radius 2 is 1.89 bits per heavy atom. The average molecular weight is 288 g/mol. The number of sulfonamides is 1. The van der Waals surface area contributed by atoms with Crippen molar-refractivity contribution in [2.45, 2.75) is 18.7 Å². The van der Waals surface area contributed by atoms with E-state index in [1.807, 2.05) is 0 Å². The summed E-state index contributed by atoms with van der Waals surface area (Å²) in [6, 6.07) is 3.46. The van der Waals surface area contributed by atoms with Crippen LogP contribution in [0.25, 0.3) is 0 Å². The van der Waals surface area contributed by atoms with Gasteiger partial charge in [0.15, 0.2) is 0 Å². The van der Waals surface area contributed by atoms with Crippen LogP contribution < -0.4 is 4.74 Å². The van der Waals surface area contributed by atoms with Gasteiger partial charge in [-0.1, -0.05) is 13.8 Å². The predicted octanol–water partition coefficient (Wildman–Crippen LogP) is 1.63. The molecule has 106 valence electrons. The number of benzene rings is 1. The van der Waals surface area contributed by atoms with Crippen LogP contribution in [0.2, 0.25) is 0 Å². The van der Waals surface area contributed by atoms with E-state index in [-0.39, 0.29) is 16.3 Å². The largest absolute Gasteiger partial charge is 0.495 e. The van der Waals surface area contributed by atoms with Crippen molar-refractivity contribution >= 4 is 15.7 Å². The van der Waals surface area contributed by atoms with Gasteiger partial charge in [0.05, 0.1) is 18.1 Å². The van der Waals surface area contributed by atoms with Gasteiger partial charge in [-0.05, 0) is 6.07 Å². The lowest BCUT2D eigenvalue weighted by Crippen LogP contribution is -2.30. The van der Waals surface area contributed by atoms with Crippen LogP contribution in [0.4, 0.5) is 5.69 Å². The minimum Gasteiger partial charge on any atom is -0.495 e. The van der Waals surface area contributed by atoms with Crippen molar-refractivity contribution in [1.82, 2.24) is 4.31 Å². The first kappa shape index (κ1) is 15.4. The Morgan fingerprint density at radius 3 is 2.32 bits per heavy atom. The van der Waals surface area contributed by atoms with Crippen LogP contribution in [0.3, 0.4) is 0 Å². The summed E-state index contributed by atoms with van der Waals surface area (Å²) >= 11 is 0. The number of rotatable bonds is 6. The topological polar surface area (TPSA) is 89.8 Å². The van der Waals surface area contributed by atoms with E-state index in [9.17, 15) is 18.5 Å². The molecule has 0 bridgehead atoms. The Hall–Kier alpha value is -1.67. The van der Waals surface area contributed by atoms with Gasteiger partial charge in [0, 0.05) is 19.2 Å². The second-order valence-corrected chi connectivity index (χ2v) is 5.59. The second-order valence-electron chi connectivity index (χ2n) is 3.68. The van der Waals surface area contributed by atoms with Gasteiger partial charge in [0.25, 0.3) is 5.69 Å². The van der Waals surface area contributed by atoms with Crippen molar-refractivity contribution in [3.05, 3.63) is 28.3 Å². The summed E-state index contributed by atoms with van der Waals surface area (Å²) in [7, 11) is -2.42. The highest BCUT2D eigenvalue weighted by atomic mass is 32.2. The van der Waals surface area contributed by atoms with Crippen LogP contribution in [0.15, 0.2) is 23.1 Å². The number of nitro benzene ring substituents is 1. The molecule has 0 atom stereocenters. The molecule has 7 nitrogen and oxygen atoms in total. The van der Waals surface area contributed by atoms with E-state index < -0.39 is 14.9 Å². The molecular weight excluding hydrogens is 272 g/mol. The van der Waals surface area contributed by atoms with E-state index in [4.69, 9.17) is 4.74 Å². The van der Waals surface area contributed by atoms with E-state index >= 15 is 0 Å². The number of nitro groups is 1. The molecule has 0 aromatic heterocycles. The zero-order valence-corrected chi connectivity index (χ0v) is 11.8. The van der Waals surface area contributed by atoms with E-state index in [1.54, 1.807) is 13.8 Å². The van der Waals surface area contributed by atoms with Gasteiger partial charge in [0.2, 0.25) is 10.0 Å². The van der Waals surface area contributed by atoms with Crippen LogP contribution >= 0.6 is 0 Å². The van der Waals surface area contributed by atoms with Gasteiger partial charge in [-0.2, -0.15) is 4.31 Å². The number of ether oxygens (including phenoxy) is 1. The van der Waals surface area contributed by atoms with Crippen molar-refractivity contribution < 1.29 is 18.1 Å². The minimum absolute atomic E-state index is 0.0268. The van der Waals surface area contributed by atoms with Gasteiger partial charge in [-0.25, -0.2) is 8.42 Å². The maximum Gasteiger partial charge on any atom is 0.273 e. The second kappa shape index (κ2) is 5.98. The van der Waals surface area contributed by atoms with E-state index in [1.165, 1.54) is 17.5 Å². The Kier molecular flexibility index (Phi) is 4.84. The van der Waals surface area contributed by atoms with E-state index in [2.05, 4.69) is 0 Å². The van der Waals surface area contributed by atoms with Gasteiger partial charge in [0.1, 0.15) is 10.6 Å². The quantitative estimate of drug-likeness (QED) is 0.586. The highest BCUT2D eigenvalue weighted by Gasteiger charge is 2.26. The van der Waals surface area contributed by atoms with Crippen molar-refractivity contribution in [1.29, 1.82) is 0 Å². The molecule has 0 aliphatic heterocycles. The monoisotopic (exact) mass is 288 g/mol. The smallest absolute Gasteiger partial charge is 0.273 e. The fraction of sp³-hybridized carbons (Fsp3) is 0.455. The lowest BCUT2D eigenvalue weighted by atomic mass is 10.3. The molecule has 0 aliphatic carbocycles. The first-order chi connectivity index (χ1) is 8.88. The first-order valence-electron chi connectivity index (χ1n) is 5.71. The summed E-state index contributed by atoms with van der Waals surface area (Å²) in [4.78, 5) is 10.0. The van der Waals surface area contributed by atoms with Crippen LogP contribution in [0, 0.1) is 10.1 Å². The maximum absolute atomic E-state index is 12.3. The average Bonchev–Trinajstić information content (AvgIpc) is 2.38. The maximum atomic E-state index is 12.3. The summed E-state index contributed by atoms with van der Waals surface area (Å²) in [6.07, 6.45) is 0. The summed E-state index contributed by atoms with van der Waals surface area (Å²) in [6.45, 7) is 4.08. The van der Waals surface area contributed by atoms with Crippen molar-refractivity contribution in [3.63, 3.8) is 0 Å². The first-order valence-corrected chi connectivity index (χ1v) is 7.15. The molecule has 0 fully saturated rings. The highest BCUT2D eigenvalue weighted by molar-refractivity contribution is 7.89. The molecule has 0 radical (unpaired) electrons. The Morgan fingerprint density at radius 1 is 1.32 bits per heavy atom. The summed E-state index contributed by atoms with van der Waals surface area (Å²) in [5.74, 6) is -0.0268. The normalized spacial score (nSPS) is 11.6. The van der Waals surface area contributed by atoms with Crippen molar-refractivity contribution in [2.75, 3.05) is 20.2 Å². The summed E-state index contributed by atoms with van der Waals surface area (Å²) < 4.78 is 30.9. The molecule has 1 aromatic rings. The zero-order valence-electron chi connectivity index (χ0n) is 11.0. The Bertz CT molecular complexity index is 566. The highest BCUT2D eigenvalue weighted by Crippen LogP contribution is 2.30. The van der Waals surface area contributed by atoms with Gasteiger partial charge in [-0.15, -0.1) is 0 Å². The number of hydrogen-bond acceptors (Lipinski definition) is 5. The Balaban J connectivity index is 3.39. The van der Waals surface area contributed by atoms with Gasteiger partial charge >= 0.3 is 0 Å². The van der Waals surface area contributed by atoms with E-state index in [0.717, 1.165) is 12.1 Å². The molecule has 19 heavy (non-hydrogen) atoms. The number of hydrogen-bond donors (Lipinski definition) is 0. The SMILES string of the molecule is CCN(CC)S(=O)(=O)c1ccc([N+](=O)[O-])cc1OC. The molecular formula is C11H16N2O5S. The number of methoxy groups -OCH3 is 1. The minimum atomic E-state index is -3.70.